The fourth-order valence-electron chi connectivity index (χ4n) is 3.30. The predicted molar refractivity (Wildman–Crippen MR) is 108 cm³/mol. The lowest BCUT2D eigenvalue weighted by Crippen LogP contribution is -2.35. The normalized spacial score (nSPS) is 16.6. The summed E-state index contributed by atoms with van der Waals surface area (Å²) >= 11 is 0. The maximum Gasteiger partial charge on any atom is 0.255 e. The SMILES string of the molecule is O=C(Nc1ccc(NC(=O)C2CC2)cc1)c1ccc(N2CCCCC2=O)cc1. The van der Waals surface area contributed by atoms with Crippen LogP contribution in [0.3, 0.4) is 0 Å². The first-order valence-corrected chi connectivity index (χ1v) is 9.73. The zero-order chi connectivity index (χ0) is 19.5. The van der Waals surface area contributed by atoms with E-state index in [9.17, 15) is 14.4 Å². The van der Waals surface area contributed by atoms with E-state index in [0.717, 1.165) is 43.6 Å². The number of hydrogen-bond donors (Lipinski definition) is 2. The van der Waals surface area contributed by atoms with Gasteiger partial charge < -0.3 is 15.5 Å². The average Bonchev–Trinajstić information content (AvgIpc) is 3.55. The molecule has 0 radical (unpaired) electrons. The van der Waals surface area contributed by atoms with Crippen LogP contribution in [0.25, 0.3) is 0 Å². The van der Waals surface area contributed by atoms with Crippen molar-refractivity contribution in [1.29, 1.82) is 0 Å². The molecule has 3 amide bonds. The average molecular weight is 377 g/mol. The van der Waals surface area contributed by atoms with E-state index in [1.807, 2.05) is 12.1 Å². The molecule has 0 aromatic heterocycles. The Bertz CT molecular complexity index is 886. The second-order valence-corrected chi connectivity index (χ2v) is 7.34. The van der Waals surface area contributed by atoms with Crippen LogP contribution in [0.2, 0.25) is 0 Å². The van der Waals surface area contributed by atoms with Gasteiger partial charge in [0.05, 0.1) is 0 Å². The first-order valence-electron chi connectivity index (χ1n) is 9.73. The Hall–Kier alpha value is -3.15. The lowest BCUT2D eigenvalue weighted by atomic mass is 10.1. The van der Waals surface area contributed by atoms with Crippen molar-refractivity contribution in [2.45, 2.75) is 32.1 Å². The molecule has 4 rings (SSSR count). The molecule has 6 heteroatoms. The second kappa shape index (κ2) is 7.84. The second-order valence-electron chi connectivity index (χ2n) is 7.34. The van der Waals surface area contributed by atoms with Crippen molar-refractivity contribution >= 4 is 34.8 Å². The van der Waals surface area contributed by atoms with Gasteiger partial charge in [-0.1, -0.05) is 0 Å². The number of carbonyl (C=O) groups excluding carboxylic acids is 3. The Morgan fingerprint density at radius 1 is 0.857 bits per heavy atom. The molecule has 2 aromatic rings. The highest BCUT2D eigenvalue weighted by Crippen LogP contribution is 2.30. The predicted octanol–water partition coefficient (Wildman–Crippen LogP) is 3.80. The Kier molecular flexibility index (Phi) is 5.10. The van der Waals surface area contributed by atoms with E-state index < -0.39 is 0 Å². The molecule has 2 aromatic carbocycles. The summed E-state index contributed by atoms with van der Waals surface area (Å²) in [5, 5.41) is 5.72. The van der Waals surface area contributed by atoms with Crippen LogP contribution in [0.15, 0.2) is 48.5 Å². The summed E-state index contributed by atoms with van der Waals surface area (Å²) < 4.78 is 0. The molecule has 1 saturated carbocycles. The third-order valence-corrected chi connectivity index (χ3v) is 5.12. The lowest BCUT2D eigenvalue weighted by Gasteiger charge is -2.26. The number of anilines is 3. The largest absolute Gasteiger partial charge is 0.326 e. The zero-order valence-corrected chi connectivity index (χ0v) is 15.6. The van der Waals surface area contributed by atoms with Gasteiger partial charge in [-0.2, -0.15) is 0 Å². The summed E-state index contributed by atoms with van der Waals surface area (Å²) in [5.41, 5.74) is 2.74. The van der Waals surface area contributed by atoms with Crippen LogP contribution < -0.4 is 15.5 Å². The minimum absolute atomic E-state index is 0.0593. The Morgan fingerprint density at radius 2 is 1.50 bits per heavy atom. The molecule has 2 fully saturated rings. The minimum atomic E-state index is -0.216. The van der Waals surface area contributed by atoms with E-state index in [-0.39, 0.29) is 23.6 Å². The van der Waals surface area contributed by atoms with Crippen LogP contribution in [-0.2, 0) is 9.59 Å². The van der Waals surface area contributed by atoms with E-state index in [1.165, 1.54) is 0 Å². The van der Waals surface area contributed by atoms with E-state index in [2.05, 4.69) is 10.6 Å². The van der Waals surface area contributed by atoms with Gasteiger partial charge in [-0.15, -0.1) is 0 Å². The molecule has 0 atom stereocenters. The van der Waals surface area contributed by atoms with Crippen molar-refractivity contribution in [2.75, 3.05) is 22.1 Å². The molecular weight excluding hydrogens is 354 g/mol. The Balaban J connectivity index is 1.36. The van der Waals surface area contributed by atoms with Crippen molar-refractivity contribution in [2.24, 2.45) is 5.92 Å². The van der Waals surface area contributed by atoms with Crippen LogP contribution in [-0.4, -0.2) is 24.3 Å². The molecule has 1 aliphatic heterocycles. The third kappa shape index (κ3) is 4.22. The maximum atomic E-state index is 12.5. The fourth-order valence-corrected chi connectivity index (χ4v) is 3.30. The smallest absolute Gasteiger partial charge is 0.255 e. The van der Waals surface area contributed by atoms with Crippen molar-refractivity contribution in [3.05, 3.63) is 54.1 Å². The summed E-state index contributed by atoms with van der Waals surface area (Å²) in [5.74, 6) is 0.134. The van der Waals surface area contributed by atoms with Crippen LogP contribution in [0, 0.1) is 5.92 Å². The van der Waals surface area contributed by atoms with Crippen molar-refractivity contribution in [3.8, 4) is 0 Å². The van der Waals surface area contributed by atoms with Gasteiger partial charge >= 0.3 is 0 Å². The van der Waals surface area contributed by atoms with Gasteiger partial charge in [-0.05, 0) is 74.2 Å². The molecule has 1 aliphatic carbocycles. The first-order chi connectivity index (χ1) is 13.6. The number of carbonyl (C=O) groups is 3. The van der Waals surface area contributed by atoms with Gasteiger partial charge in [0.2, 0.25) is 11.8 Å². The van der Waals surface area contributed by atoms with Gasteiger partial charge in [-0.3, -0.25) is 14.4 Å². The Morgan fingerprint density at radius 3 is 2.11 bits per heavy atom. The van der Waals surface area contributed by atoms with Crippen LogP contribution in [0.5, 0.6) is 0 Å². The highest BCUT2D eigenvalue weighted by molar-refractivity contribution is 6.05. The Labute approximate surface area is 163 Å². The molecule has 0 spiro atoms. The number of piperidine rings is 1. The van der Waals surface area contributed by atoms with Gasteiger partial charge in [0.15, 0.2) is 0 Å². The molecule has 2 aliphatic rings. The summed E-state index contributed by atoms with van der Waals surface area (Å²) in [6.07, 6.45) is 4.46. The summed E-state index contributed by atoms with van der Waals surface area (Å²) in [7, 11) is 0. The van der Waals surface area contributed by atoms with E-state index in [4.69, 9.17) is 0 Å². The van der Waals surface area contributed by atoms with E-state index in [0.29, 0.717) is 17.7 Å². The standard InChI is InChI=1S/C22H23N3O3/c26-20-3-1-2-14-25(20)19-12-6-16(7-13-19)22(28)24-18-10-8-17(9-11-18)23-21(27)15-4-5-15/h6-13,15H,1-5,14H2,(H,23,27)(H,24,28). The summed E-state index contributed by atoms with van der Waals surface area (Å²) in [4.78, 5) is 38.0. The molecule has 0 bridgehead atoms. The molecule has 2 N–H and O–H groups in total. The summed E-state index contributed by atoms with van der Waals surface area (Å²) in [6.45, 7) is 0.730. The number of benzene rings is 2. The van der Waals surface area contributed by atoms with Crippen LogP contribution >= 0.6 is 0 Å². The zero-order valence-electron chi connectivity index (χ0n) is 15.6. The number of amides is 3. The molecule has 0 unspecified atom stereocenters. The fraction of sp³-hybridized carbons (Fsp3) is 0.318. The van der Waals surface area contributed by atoms with Crippen LogP contribution in [0.4, 0.5) is 17.1 Å². The van der Waals surface area contributed by atoms with Crippen molar-refractivity contribution < 1.29 is 14.4 Å². The monoisotopic (exact) mass is 377 g/mol. The molecule has 144 valence electrons. The van der Waals surface area contributed by atoms with Gasteiger partial charge in [0, 0.05) is 41.5 Å². The molecular formula is C22H23N3O3. The highest BCUT2D eigenvalue weighted by Gasteiger charge is 2.29. The number of nitrogens with zero attached hydrogens (tertiary/aromatic N) is 1. The van der Waals surface area contributed by atoms with E-state index in [1.54, 1.807) is 41.3 Å². The molecule has 1 heterocycles. The quantitative estimate of drug-likeness (QED) is 0.832. The van der Waals surface area contributed by atoms with Gasteiger partial charge in [0.25, 0.3) is 5.91 Å². The van der Waals surface area contributed by atoms with E-state index >= 15 is 0 Å². The van der Waals surface area contributed by atoms with Crippen molar-refractivity contribution in [1.82, 2.24) is 0 Å². The molecule has 1 saturated heterocycles. The minimum Gasteiger partial charge on any atom is -0.326 e. The van der Waals surface area contributed by atoms with Gasteiger partial charge in [0.1, 0.15) is 0 Å². The molecule has 28 heavy (non-hydrogen) atoms. The number of nitrogens with one attached hydrogen (secondary N) is 2. The maximum absolute atomic E-state index is 12.5. The van der Waals surface area contributed by atoms with Crippen molar-refractivity contribution in [3.63, 3.8) is 0 Å². The number of rotatable bonds is 5. The summed E-state index contributed by atoms with van der Waals surface area (Å²) in [6, 6.07) is 14.2. The third-order valence-electron chi connectivity index (χ3n) is 5.12. The topological polar surface area (TPSA) is 78.5 Å². The van der Waals surface area contributed by atoms with Crippen LogP contribution in [0.1, 0.15) is 42.5 Å². The lowest BCUT2D eigenvalue weighted by molar-refractivity contribution is -0.119. The molecule has 6 nitrogen and oxygen atoms in total. The first kappa shape index (κ1) is 18.2. The number of hydrogen-bond acceptors (Lipinski definition) is 3. The highest BCUT2D eigenvalue weighted by atomic mass is 16.2. The van der Waals surface area contributed by atoms with Gasteiger partial charge in [-0.25, -0.2) is 0 Å².